The highest BCUT2D eigenvalue weighted by molar-refractivity contribution is 5.23. The molecule has 1 N–H and O–H groups in total. The van der Waals surface area contributed by atoms with Crippen molar-refractivity contribution < 1.29 is 22.0 Å². The molecule has 0 aliphatic heterocycles. The minimum atomic E-state index is -3.99. The molecule has 0 heterocycles. The number of hydrogen-bond acceptors (Lipinski definition) is 1. The van der Waals surface area contributed by atoms with Gasteiger partial charge in [0, 0.05) is 6.04 Å². The molecule has 0 saturated heterocycles. The largest absolute Gasteiger partial charge is 0.319 e. The smallest absolute Gasteiger partial charge is 0.308 e. The molecule has 19 heavy (non-hydrogen) atoms. The zero-order valence-corrected chi connectivity index (χ0v) is 10.1. The Morgan fingerprint density at radius 1 is 1.16 bits per heavy atom. The normalized spacial score (nSPS) is 23.5. The Morgan fingerprint density at radius 2 is 1.74 bits per heavy atom. The third kappa shape index (κ3) is 3.43. The van der Waals surface area contributed by atoms with Crippen molar-refractivity contribution in [2.75, 3.05) is 6.54 Å². The van der Waals surface area contributed by atoms with Crippen LogP contribution in [0.2, 0.25) is 0 Å². The van der Waals surface area contributed by atoms with Crippen LogP contribution >= 0.6 is 0 Å². The molecule has 106 valence electrons. The second-order valence-electron chi connectivity index (χ2n) is 4.86. The van der Waals surface area contributed by atoms with Crippen molar-refractivity contribution in [1.29, 1.82) is 0 Å². The molecule has 0 unspecified atom stereocenters. The molecule has 1 nitrogen and oxygen atoms in total. The maximum absolute atomic E-state index is 12.7. The first kappa shape index (κ1) is 14.2. The average Bonchev–Trinajstić information content (AvgIpc) is 2.29. The van der Waals surface area contributed by atoms with Crippen molar-refractivity contribution in [1.82, 2.24) is 5.32 Å². The van der Waals surface area contributed by atoms with E-state index in [1.807, 2.05) is 0 Å². The highest BCUT2D eigenvalue weighted by Crippen LogP contribution is 2.37. The van der Waals surface area contributed by atoms with Crippen LogP contribution in [0.1, 0.15) is 24.3 Å². The summed E-state index contributed by atoms with van der Waals surface area (Å²) in [7, 11) is 0. The van der Waals surface area contributed by atoms with Gasteiger partial charge in [-0.05, 0) is 36.5 Å². The second kappa shape index (κ2) is 5.45. The Labute approximate surface area is 107 Å². The molecule has 1 aromatic carbocycles. The van der Waals surface area contributed by atoms with Crippen LogP contribution in [-0.2, 0) is 0 Å². The standard InChI is InChI=1S/C13H14F5N/c14-10-3-1-8(2-4-10)9-5-11(6-9)19-7-13(17,18)12(15)16/h1-4,9,11-12,19H,5-7H2. The summed E-state index contributed by atoms with van der Waals surface area (Å²) in [6.07, 6.45) is -2.44. The van der Waals surface area contributed by atoms with Crippen LogP contribution in [-0.4, -0.2) is 24.9 Å². The van der Waals surface area contributed by atoms with Gasteiger partial charge in [0.2, 0.25) is 0 Å². The number of hydrogen-bond donors (Lipinski definition) is 1. The van der Waals surface area contributed by atoms with Gasteiger partial charge in [-0.3, -0.25) is 0 Å². The summed E-state index contributed by atoms with van der Waals surface area (Å²) in [5, 5.41) is 2.45. The van der Waals surface area contributed by atoms with Crippen LogP contribution < -0.4 is 5.32 Å². The zero-order valence-electron chi connectivity index (χ0n) is 10.1. The third-order valence-corrected chi connectivity index (χ3v) is 3.43. The minimum absolute atomic E-state index is 0.179. The molecule has 0 atom stereocenters. The van der Waals surface area contributed by atoms with Gasteiger partial charge < -0.3 is 5.32 Å². The summed E-state index contributed by atoms with van der Waals surface area (Å²) in [4.78, 5) is 0. The van der Waals surface area contributed by atoms with Gasteiger partial charge in [0.15, 0.2) is 0 Å². The van der Waals surface area contributed by atoms with Gasteiger partial charge in [0.05, 0.1) is 6.54 Å². The van der Waals surface area contributed by atoms with Crippen molar-refractivity contribution in [3.05, 3.63) is 35.6 Å². The number of benzene rings is 1. The van der Waals surface area contributed by atoms with Crippen molar-refractivity contribution in [3.63, 3.8) is 0 Å². The molecular weight excluding hydrogens is 265 g/mol. The number of halogens is 5. The maximum Gasteiger partial charge on any atom is 0.319 e. The molecule has 0 spiro atoms. The Bertz CT molecular complexity index is 412. The minimum Gasteiger partial charge on any atom is -0.308 e. The first-order valence-electron chi connectivity index (χ1n) is 6.03. The van der Waals surface area contributed by atoms with Gasteiger partial charge in [-0.1, -0.05) is 12.1 Å². The van der Waals surface area contributed by atoms with Crippen LogP contribution in [0.25, 0.3) is 0 Å². The average molecular weight is 279 g/mol. The van der Waals surface area contributed by atoms with Crippen molar-refractivity contribution in [2.24, 2.45) is 0 Å². The summed E-state index contributed by atoms with van der Waals surface area (Å²) < 4.78 is 61.9. The summed E-state index contributed by atoms with van der Waals surface area (Å²) in [5.74, 6) is -4.13. The summed E-state index contributed by atoms with van der Waals surface area (Å²) in [6.45, 7) is -1.01. The third-order valence-electron chi connectivity index (χ3n) is 3.43. The van der Waals surface area contributed by atoms with Crippen molar-refractivity contribution in [3.8, 4) is 0 Å². The first-order valence-corrected chi connectivity index (χ1v) is 6.03. The Balaban J connectivity index is 1.76. The summed E-state index contributed by atoms with van der Waals surface area (Å²) in [6, 6.07) is 5.83. The molecule has 6 heteroatoms. The van der Waals surface area contributed by atoms with E-state index in [0.717, 1.165) is 5.56 Å². The van der Waals surface area contributed by atoms with E-state index in [9.17, 15) is 22.0 Å². The monoisotopic (exact) mass is 279 g/mol. The van der Waals surface area contributed by atoms with Gasteiger partial charge in [-0.25, -0.2) is 13.2 Å². The number of rotatable bonds is 5. The number of nitrogens with one attached hydrogen (secondary N) is 1. The van der Waals surface area contributed by atoms with E-state index < -0.39 is 18.9 Å². The molecule has 1 fully saturated rings. The molecule has 0 bridgehead atoms. The van der Waals surface area contributed by atoms with E-state index in [1.54, 1.807) is 12.1 Å². The van der Waals surface area contributed by atoms with Gasteiger partial charge in [-0.2, -0.15) is 8.78 Å². The Hall–Kier alpha value is -1.17. The summed E-state index contributed by atoms with van der Waals surface area (Å²) in [5.41, 5.74) is 0.945. The van der Waals surface area contributed by atoms with Gasteiger partial charge in [-0.15, -0.1) is 0 Å². The van der Waals surface area contributed by atoms with Crippen LogP contribution in [0.5, 0.6) is 0 Å². The molecule has 1 aromatic rings. The van der Waals surface area contributed by atoms with Crippen LogP contribution in [0.3, 0.4) is 0 Å². The van der Waals surface area contributed by atoms with E-state index in [1.165, 1.54) is 12.1 Å². The lowest BCUT2D eigenvalue weighted by molar-refractivity contribution is -0.127. The Morgan fingerprint density at radius 3 is 2.26 bits per heavy atom. The lowest BCUT2D eigenvalue weighted by atomic mass is 9.76. The van der Waals surface area contributed by atoms with E-state index >= 15 is 0 Å². The molecule has 1 aliphatic rings. The van der Waals surface area contributed by atoms with E-state index in [4.69, 9.17) is 0 Å². The van der Waals surface area contributed by atoms with Crippen molar-refractivity contribution >= 4 is 0 Å². The molecule has 1 saturated carbocycles. The van der Waals surface area contributed by atoms with Crippen LogP contribution in [0.4, 0.5) is 22.0 Å². The molecule has 0 amide bonds. The fourth-order valence-electron chi connectivity index (χ4n) is 2.15. The molecule has 0 radical (unpaired) electrons. The molecule has 0 aromatic heterocycles. The zero-order chi connectivity index (χ0) is 14.0. The predicted octanol–water partition coefficient (Wildman–Crippen LogP) is 3.56. The van der Waals surface area contributed by atoms with Gasteiger partial charge >= 0.3 is 12.3 Å². The van der Waals surface area contributed by atoms with E-state index in [-0.39, 0.29) is 17.8 Å². The van der Waals surface area contributed by atoms with E-state index in [2.05, 4.69) is 5.32 Å². The summed E-state index contributed by atoms with van der Waals surface area (Å²) >= 11 is 0. The van der Waals surface area contributed by atoms with Crippen LogP contribution in [0, 0.1) is 5.82 Å². The van der Waals surface area contributed by atoms with Gasteiger partial charge in [0.1, 0.15) is 5.82 Å². The fraction of sp³-hybridized carbons (Fsp3) is 0.538. The highest BCUT2D eigenvalue weighted by Gasteiger charge is 2.42. The topological polar surface area (TPSA) is 12.0 Å². The maximum atomic E-state index is 12.7. The van der Waals surface area contributed by atoms with Crippen LogP contribution in [0.15, 0.2) is 24.3 Å². The van der Waals surface area contributed by atoms with Gasteiger partial charge in [0.25, 0.3) is 0 Å². The Kier molecular flexibility index (Phi) is 4.08. The highest BCUT2D eigenvalue weighted by atomic mass is 19.3. The van der Waals surface area contributed by atoms with Crippen molar-refractivity contribution in [2.45, 2.75) is 37.1 Å². The fourth-order valence-corrected chi connectivity index (χ4v) is 2.15. The lowest BCUT2D eigenvalue weighted by Crippen LogP contribution is -2.47. The lowest BCUT2D eigenvalue weighted by Gasteiger charge is -2.37. The second-order valence-corrected chi connectivity index (χ2v) is 4.86. The quantitative estimate of drug-likeness (QED) is 0.813. The molecule has 1 aliphatic carbocycles. The predicted molar refractivity (Wildman–Crippen MR) is 61.1 cm³/mol. The number of alkyl halides is 4. The first-order chi connectivity index (χ1) is 8.88. The molecular formula is C13H14F5N. The molecule has 2 rings (SSSR count). The SMILES string of the molecule is Fc1ccc(C2CC(NCC(F)(F)C(F)F)C2)cc1. The van der Waals surface area contributed by atoms with E-state index in [0.29, 0.717) is 12.8 Å².